The minimum absolute atomic E-state index is 0.0263. The van der Waals surface area contributed by atoms with Gasteiger partial charge in [0.2, 0.25) is 11.8 Å². The van der Waals surface area contributed by atoms with Crippen LogP contribution in [0.15, 0.2) is 41.0 Å². The smallest absolute Gasteiger partial charge is 0.242 e. The van der Waals surface area contributed by atoms with Crippen molar-refractivity contribution in [2.45, 2.75) is 58.5 Å². The Bertz CT molecular complexity index is 907. The molecule has 0 bridgehead atoms. The summed E-state index contributed by atoms with van der Waals surface area (Å²) in [6.45, 7) is 5.03. The average Bonchev–Trinajstić information content (AvgIpc) is 3.31. The number of furan rings is 1. The molecule has 2 aromatic rings. The first kappa shape index (κ1) is 24.7. The first-order valence-electron chi connectivity index (χ1n) is 11.8. The van der Waals surface area contributed by atoms with Gasteiger partial charge in [0.1, 0.15) is 12.3 Å². The summed E-state index contributed by atoms with van der Waals surface area (Å²) in [4.78, 5) is 30.0. The Morgan fingerprint density at radius 2 is 1.91 bits per heavy atom. The van der Waals surface area contributed by atoms with Crippen LogP contribution in [0.5, 0.6) is 11.5 Å². The molecule has 1 saturated carbocycles. The van der Waals surface area contributed by atoms with Gasteiger partial charge in [-0.15, -0.1) is 0 Å². The van der Waals surface area contributed by atoms with E-state index in [1.54, 1.807) is 30.3 Å². The summed E-state index contributed by atoms with van der Waals surface area (Å²) in [7, 11) is 3.21. The van der Waals surface area contributed by atoms with Crippen LogP contribution in [0.3, 0.4) is 0 Å². The lowest BCUT2D eigenvalue weighted by Crippen LogP contribution is -2.49. The second-order valence-electron chi connectivity index (χ2n) is 8.69. The summed E-state index contributed by atoms with van der Waals surface area (Å²) in [6, 6.07) is 9.48. The second-order valence-corrected chi connectivity index (χ2v) is 8.69. The number of hydrogen-bond donors (Lipinski definition) is 0. The Morgan fingerprint density at radius 3 is 2.48 bits per heavy atom. The first-order chi connectivity index (χ1) is 16.0. The molecular weight excluding hydrogens is 420 g/mol. The number of carbonyl (C=O) groups is 2. The van der Waals surface area contributed by atoms with E-state index in [2.05, 4.69) is 0 Å². The third-order valence-electron chi connectivity index (χ3n) is 6.56. The van der Waals surface area contributed by atoms with Gasteiger partial charge in [-0.3, -0.25) is 9.59 Å². The van der Waals surface area contributed by atoms with E-state index >= 15 is 0 Å². The zero-order valence-corrected chi connectivity index (χ0v) is 20.2. The number of benzene rings is 1. The summed E-state index contributed by atoms with van der Waals surface area (Å²) in [5, 5.41) is 0. The molecule has 0 saturated heterocycles. The number of methoxy groups -OCH3 is 2. The van der Waals surface area contributed by atoms with E-state index in [0.717, 1.165) is 37.0 Å². The summed E-state index contributed by atoms with van der Waals surface area (Å²) < 4.78 is 16.2. The lowest BCUT2D eigenvalue weighted by molar-refractivity contribution is -0.147. The second kappa shape index (κ2) is 11.8. The molecule has 0 aliphatic heterocycles. The fraction of sp³-hybridized carbons (Fsp3) is 0.538. The Kier molecular flexibility index (Phi) is 8.80. The SMILES string of the molecule is CCC(C)N(CC(=O)N(CCc1ccc(OC)c(OC)c1)Cc1ccco1)C(=O)C1CCC1. The van der Waals surface area contributed by atoms with Crippen molar-refractivity contribution in [3.05, 3.63) is 47.9 Å². The zero-order valence-electron chi connectivity index (χ0n) is 20.2. The number of rotatable bonds is 12. The Morgan fingerprint density at radius 1 is 1.15 bits per heavy atom. The van der Waals surface area contributed by atoms with Crippen LogP contribution in [0.25, 0.3) is 0 Å². The molecule has 1 aliphatic rings. The molecule has 1 aromatic heterocycles. The quantitative estimate of drug-likeness (QED) is 0.476. The van der Waals surface area contributed by atoms with Gasteiger partial charge in [0.15, 0.2) is 11.5 Å². The lowest BCUT2D eigenvalue weighted by atomic mass is 9.84. The molecule has 2 amide bonds. The van der Waals surface area contributed by atoms with Gasteiger partial charge in [-0.25, -0.2) is 0 Å². The van der Waals surface area contributed by atoms with Crippen molar-refractivity contribution in [2.24, 2.45) is 5.92 Å². The van der Waals surface area contributed by atoms with Crippen LogP contribution in [0.1, 0.15) is 50.9 Å². The zero-order chi connectivity index (χ0) is 23.8. The molecular formula is C26H36N2O5. The maximum atomic E-state index is 13.4. The van der Waals surface area contributed by atoms with Gasteiger partial charge >= 0.3 is 0 Å². The predicted octanol–water partition coefficient (Wildman–Crippen LogP) is 4.30. The number of carbonyl (C=O) groups excluding carboxylic acids is 2. The fourth-order valence-corrected chi connectivity index (χ4v) is 3.99. The summed E-state index contributed by atoms with van der Waals surface area (Å²) in [5.74, 6) is 2.16. The van der Waals surface area contributed by atoms with E-state index in [0.29, 0.717) is 31.0 Å². The van der Waals surface area contributed by atoms with E-state index < -0.39 is 0 Å². The third-order valence-corrected chi connectivity index (χ3v) is 6.56. The molecule has 3 rings (SSSR count). The highest BCUT2D eigenvalue weighted by molar-refractivity contribution is 5.86. The van der Waals surface area contributed by atoms with Crippen LogP contribution < -0.4 is 9.47 Å². The van der Waals surface area contributed by atoms with Crippen LogP contribution in [0.2, 0.25) is 0 Å². The molecule has 33 heavy (non-hydrogen) atoms. The molecule has 0 radical (unpaired) electrons. The Hall–Kier alpha value is -2.96. The van der Waals surface area contributed by atoms with Crippen molar-refractivity contribution >= 4 is 11.8 Å². The van der Waals surface area contributed by atoms with E-state index in [1.165, 1.54) is 0 Å². The van der Waals surface area contributed by atoms with Crippen LogP contribution in [-0.4, -0.2) is 55.0 Å². The molecule has 0 N–H and O–H groups in total. The third kappa shape index (κ3) is 6.30. The topological polar surface area (TPSA) is 72.2 Å². The van der Waals surface area contributed by atoms with E-state index in [1.807, 2.05) is 44.2 Å². The minimum atomic E-state index is -0.0696. The number of nitrogens with zero attached hydrogens (tertiary/aromatic N) is 2. The van der Waals surface area contributed by atoms with Crippen molar-refractivity contribution in [3.8, 4) is 11.5 Å². The number of amides is 2. The molecule has 7 heteroatoms. The van der Waals surface area contributed by atoms with Crippen molar-refractivity contribution in [3.63, 3.8) is 0 Å². The maximum absolute atomic E-state index is 13.4. The molecule has 1 fully saturated rings. The molecule has 180 valence electrons. The van der Waals surface area contributed by atoms with E-state index in [4.69, 9.17) is 13.9 Å². The summed E-state index contributed by atoms with van der Waals surface area (Å²) in [6.07, 6.45) is 6.01. The van der Waals surface area contributed by atoms with Gasteiger partial charge in [-0.1, -0.05) is 19.4 Å². The Balaban J connectivity index is 1.73. The molecule has 0 spiro atoms. The maximum Gasteiger partial charge on any atom is 0.242 e. The monoisotopic (exact) mass is 456 g/mol. The number of ether oxygens (including phenoxy) is 2. The van der Waals surface area contributed by atoms with Crippen molar-refractivity contribution in [1.82, 2.24) is 9.80 Å². The summed E-state index contributed by atoms with van der Waals surface area (Å²) in [5.41, 5.74) is 1.04. The van der Waals surface area contributed by atoms with Gasteiger partial charge in [0, 0.05) is 18.5 Å². The van der Waals surface area contributed by atoms with E-state index in [9.17, 15) is 9.59 Å². The van der Waals surface area contributed by atoms with E-state index in [-0.39, 0.29) is 30.3 Å². The van der Waals surface area contributed by atoms with Crippen molar-refractivity contribution in [2.75, 3.05) is 27.3 Å². The molecule has 1 atom stereocenters. The highest BCUT2D eigenvalue weighted by Crippen LogP contribution is 2.30. The standard InChI is InChI=1S/C26H36N2O5/c1-5-19(2)28(26(30)21-8-6-9-21)18-25(29)27(17-22-10-7-15-33-22)14-13-20-11-12-23(31-3)24(16-20)32-4/h7,10-12,15-16,19,21H,5-6,8-9,13-14,17-18H2,1-4H3. The van der Waals surface area contributed by atoms with Gasteiger partial charge in [0.05, 0.1) is 27.0 Å². The van der Waals surface area contributed by atoms with Crippen LogP contribution >= 0.6 is 0 Å². The lowest BCUT2D eigenvalue weighted by Gasteiger charge is -2.36. The Labute approximate surface area is 196 Å². The van der Waals surface area contributed by atoms with Crippen LogP contribution in [0.4, 0.5) is 0 Å². The molecule has 1 aromatic carbocycles. The molecule has 1 unspecified atom stereocenters. The number of hydrogen-bond acceptors (Lipinski definition) is 5. The van der Waals surface area contributed by atoms with Crippen molar-refractivity contribution < 1.29 is 23.5 Å². The molecule has 7 nitrogen and oxygen atoms in total. The average molecular weight is 457 g/mol. The largest absolute Gasteiger partial charge is 0.493 e. The highest BCUT2D eigenvalue weighted by Gasteiger charge is 2.33. The minimum Gasteiger partial charge on any atom is -0.493 e. The first-order valence-corrected chi connectivity index (χ1v) is 11.8. The molecule has 1 heterocycles. The fourth-order valence-electron chi connectivity index (χ4n) is 3.99. The van der Waals surface area contributed by atoms with Gasteiger partial charge < -0.3 is 23.7 Å². The highest BCUT2D eigenvalue weighted by atomic mass is 16.5. The van der Waals surface area contributed by atoms with Gasteiger partial charge in [-0.2, -0.15) is 0 Å². The van der Waals surface area contributed by atoms with Crippen molar-refractivity contribution in [1.29, 1.82) is 0 Å². The molecule has 1 aliphatic carbocycles. The van der Waals surface area contributed by atoms with Gasteiger partial charge in [-0.05, 0) is 62.4 Å². The normalized spacial score (nSPS) is 14.3. The van der Waals surface area contributed by atoms with Crippen LogP contribution in [-0.2, 0) is 22.6 Å². The predicted molar refractivity (Wildman–Crippen MR) is 126 cm³/mol. The summed E-state index contributed by atoms with van der Waals surface area (Å²) >= 11 is 0. The van der Waals surface area contributed by atoms with Gasteiger partial charge in [0.25, 0.3) is 0 Å². The van der Waals surface area contributed by atoms with Crippen LogP contribution in [0, 0.1) is 5.92 Å².